The third-order valence-electron chi connectivity index (χ3n) is 1.44. The minimum Gasteiger partial charge on any atom is -0.508 e. The molecule has 0 aromatic heterocycles. The van der Waals surface area contributed by atoms with Crippen LogP contribution in [0.25, 0.3) is 0 Å². The molecule has 0 aliphatic carbocycles. The first-order valence-corrected chi connectivity index (χ1v) is 4.89. The van der Waals surface area contributed by atoms with Crippen molar-refractivity contribution in [2.24, 2.45) is 0 Å². The predicted octanol–water partition coefficient (Wildman–Crippen LogP) is 2.18. The predicted molar refractivity (Wildman–Crippen MR) is 54.0 cm³/mol. The molecule has 3 nitrogen and oxygen atoms in total. The second-order valence-corrected chi connectivity index (χ2v) is 2.99. The minimum atomic E-state index is -0.0239. The van der Waals surface area contributed by atoms with E-state index in [2.05, 4.69) is 0 Å². The molecule has 0 atom stereocenters. The molecule has 0 radical (unpaired) electrons. The van der Waals surface area contributed by atoms with E-state index in [-0.39, 0.29) is 11.5 Å². The van der Waals surface area contributed by atoms with Crippen molar-refractivity contribution < 1.29 is 14.9 Å². The van der Waals surface area contributed by atoms with Gasteiger partial charge in [-0.1, -0.05) is 0 Å². The topological polar surface area (TPSA) is 49.7 Å². The summed E-state index contributed by atoms with van der Waals surface area (Å²) in [5, 5.41) is 18.4. The van der Waals surface area contributed by atoms with Gasteiger partial charge in [-0.3, -0.25) is 0 Å². The van der Waals surface area contributed by atoms with Gasteiger partial charge in [0.2, 0.25) is 0 Å². The molecular weight excluding hydrogens is 271 g/mol. The Morgan fingerprint density at radius 3 is 2.58 bits per heavy atom. The molecule has 0 saturated heterocycles. The summed E-state index contributed by atoms with van der Waals surface area (Å²) in [6, 6.07) is 2.80. The maximum absolute atomic E-state index is 9.31. The zero-order valence-corrected chi connectivity index (χ0v) is 8.70. The summed E-state index contributed by atoms with van der Waals surface area (Å²) in [4.78, 5) is 0. The number of hydrogen-bond acceptors (Lipinski definition) is 3. The van der Waals surface area contributed by atoms with E-state index >= 15 is 0 Å². The zero-order valence-electron chi connectivity index (χ0n) is 6.54. The number of benzene rings is 1. The van der Waals surface area contributed by atoms with Gasteiger partial charge in [-0.05, 0) is 41.1 Å². The summed E-state index contributed by atoms with van der Waals surface area (Å²) >= 11 is 2.04. The van der Waals surface area contributed by atoms with Crippen molar-refractivity contribution in [3.05, 3.63) is 17.7 Å². The molecule has 0 spiro atoms. The highest BCUT2D eigenvalue weighted by Gasteiger charge is 2.07. The lowest BCUT2D eigenvalue weighted by molar-refractivity contribution is 0.360. The Hall–Kier alpha value is -0.650. The van der Waals surface area contributed by atoms with E-state index in [9.17, 15) is 5.11 Å². The molecule has 0 aliphatic rings. The van der Waals surface area contributed by atoms with Crippen molar-refractivity contribution >= 4 is 22.6 Å². The molecule has 0 saturated carbocycles. The SMILES string of the molecule is Cc1cc(O)cc(O)c1OCI. The summed E-state index contributed by atoms with van der Waals surface area (Å²) in [6.45, 7) is 1.76. The Balaban J connectivity index is 3.10. The molecule has 0 amide bonds. The van der Waals surface area contributed by atoms with Crippen molar-refractivity contribution in [1.82, 2.24) is 0 Å². The van der Waals surface area contributed by atoms with E-state index in [1.807, 2.05) is 22.6 Å². The summed E-state index contributed by atoms with van der Waals surface area (Å²) in [7, 11) is 0. The van der Waals surface area contributed by atoms with Crippen molar-refractivity contribution in [3.63, 3.8) is 0 Å². The molecule has 0 unspecified atom stereocenters. The van der Waals surface area contributed by atoms with Crippen LogP contribution in [0.5, 0.6) is 17.2 Å². The first-order chi connectivity index (χ1) is 5.65. The van der Waals surface area contributed by atoms with Crippen LogP contribution >= 0.6 is 22.6 Å². The van der Waals surface area contributed by atoms with Crippen LogP contribution in [0.4, 0.5) is 0 Å². The van der Waals surface area contributed by atoms with Gasteiger partial charge in [0, 0.05) is 6.07 Å². The lowest BCUT2D eigenvalue weighted by Crippen LogP contribution is -1.91. The highest BCUT2D eigenvalue weighted by molar-refractivity contribution is 14.1. The molecule has 1 aromatic rings. The number of alkyl halides is 1. The maximum atomic E-state index is 9.31. The summed E-state index contributed by atoms with van der Waals surface area (Å²) in [5.41, 5.74) is 0.726. The van der Waals surface area contributed by atoms with Crippen LogP contribution in [0.15, 0.2) is 12.1 Å². The third-order valence-corrected chi connectivity index (χ3v) is 1.75. The Labute approximate surface area is 84.1 Å². The normalized spacial score (nSPS) is 9.83. The van der Waals surface area contributed by atoms with E-state index in [1.54, 1.807) is 13.0 Å². The first-order valence-electron chi connectivity index (χ1n) is 3.36. The van der Waals surface area contributed by atoms with Crippen molar-refractivity contribution in [2.45, 2.75) is 6.92 Å². The second kappa shape index (κ2) is 3.84. The molecule has 1 rings (SSSR count). The monoisotopic (exact) mass is 280 g/mol. The van der Waals surface area contributed by atoms with Crippen LogP contribution in [0.2, 0.25) is 0 Å². The van der Waals surface area contributed by atoms with E-state index in [4.69, 9.17) is 9.84 Å². The third kappa shape index (κ3) is 1.94. The highest BCUT2D eigenvalue weighted by atomic mass is 127. The van der Waals surface area contributed by atoms with E-state index in [1.165, 1.54) is 6.07 Å². The fourth-order valence-electron chi connectivity index (χ4n) is 0.979. The van der Waals surface area contributed by atoms with Crippen molar-refractivity contribution in [2.75, 3.05) is 4.61 Å². The number of aryl methyl sites for hydroxylation is 1. The standard InChI is InChI=1S/C8H9IO3/c1-5-2-6(10)3-7(11)8(5)12-4-9/h2-3,10-11H,4H2,1H3. The Morgan fingerprint density at radius 2 is 2.08 bits per heavy atom. The van der Waals surface area contributed by atoms with Gasteiger partial charge in [0.15, 0.2) is 11.5 Å². The number of phenolic OH excluding ortho intramolecular Hbond substituents is 2. The summed E-state index contributed by atoms with van der Waals surface area (Å²) in [5.74, 6) is 0.456. The smallest absolute Gasteiger partial charge is 0.165 e. The van der Waals surface area contributed by atoms with Gasteiger partial charge in [-0.15, -0.1) is 0 Å². The van der Waals surface area contributed by atoms with Crippen molar-refractivity contribution in [1.29, 1.82) is 0 Å². The van der Waals surface area contributed by atoms with Gasteiger partial charge in [0.25, 0.3) is 0 Å². The number of rotatable bonds is 2. The van der Waals surface area contributed by atoms with E-state index in [0.29, 0.717) is 10.4 Å². The number of ether oxygens (including phenoxy) is 1. The van der Waals surface area contributed by atoms with Gasteiger partial charge in [0.1, 0.15) is 10.4 Å². The molecule has 0 fully saturated rings. The fraction of sp³-hybridized carbons (Fsp3) is 0.250. The second-order valence-electron chi connectivity index (χ2n) is 2.36. The largest absolute Gasteiger partial charge is 0.508 e. The molecule has 0 aliphatic heterocycles. The molecule has 0 bridgehead atoms. The van der Waals surface area contributed by atoms with E-state index < -0.39 is 0 Å². The molecule has 66 valence electrons. The average Bonchev–Trinajstić information content (AvgIpc) is 1.96. The molecule has 0 heterocycles. The fourth-order valence-corrected chi connectivity index (χ4v) is 1.29. The molecule has 1 aromatic carbocycles. The molecular formula is C8H9IO3. The summed E-state index contributed by atoms with van der Waals surface area (Å²) in [6.07, 6.45) is 0. The van der Waals surface area contributed by atoms with Gasteiger partial charge >= 0.3 is 0 Å². The zero-order chi connectivity index (χ0) is 9.14. The molecule has 12 heavy (non-hydrogen) atoms. The molecule has 4 heteroatoms. The number of halogens is 1. The summed E-state index contributed by atoms with van der Waals surface area (Å²) < 4.78 is 5.62. The quantitative estimate of drug-likeness (QED) is 0.645. The van der Waals surface area contributed by atoms with Crippen LogP contribution in [-0.4, -0.2) is 14.8 Å². The van der Waals surface area contributed by atoms with Crippen LogP contribution in [0.1, 0.15) is 5.56 Å². The van der Waals surface area contributed by atoms with Gasteiger partial charge in [-0.2, -0.15) is 0 Å². The maximum Gasteiger partial charge on any atom is 0.165 e. The van der Waals surface area contributed by atoms with Crippen molar-refractivity contribution in [3.8, 4) is 17.2 Å². The highest BCUT2D eigenvalue weighted by Crippen LogP contribution is 2.33. The minimum absolute atomic E-state index is 0.0239. The number of phenols is 2. The Bertz CT molecular complexity index is 263. The van der Waals surface area contributed by atoms with E-state index in [0.717, 1.165) is 5.56 Å². The van der Waals surface area contributed by atoms with Crippen LogP contribution in [-0.2, 0) is 0 Å². The van der Waals surface area contributed by atoms with Gasteiger partial charge in [-0.25, -0.2) is 0 Å². The Morgan fingerprint density at radius 1 is 1.42 bits per heavy atom. The molecule has 2 N–H and O–H groups in total. The first kappa shape index (κ1) is 9.44. The lowest BCUT2D eigenvalue weighted by Gasteiger charge is -2.08. The van der Waals surface area contributed by atoms with Gasteiger partial charge in [0.05, 0.1) is 0 Å². The van der Waals surface area contributed by atoms with Crippen LogP contribution in [0, 0.1) is 6.92 Å². The average molecular weight is 280 g/mol. The van der Waals surface area contributed by atoms with Crippen LogP contribution in [0.3, 0.4) is 0 Å². The van der Waals surface area contributed by atoms with Crippen LogP contribution < -0.4 is 4.74 Å². The number of aromatic hydroxyl groups is 2. The number of hydrogen-bond donors (Lipinski definition) is 2. The Kier molecular flexibility index (Phi) is 3.02. The van der Waals surface area contributed by atoms with Gasteiger partial charge < -0.3 is 14.9 Å². The lowest BCUT2D eigenvalue weighted by atomic mass is 10.2.